The van der Waals surface area contributed by atoms with Crippen molar-refractivity contribution in [2.45, 2.75) is 32.1 Å². The number of rotatable bonds is 9. The molecule has 3 aromatic rings. The van der Waals surface area contributed by atoms with E-state index in [1.54, 1.807) is 45.2 Å². The molecule has 0 radical (unpaired) electrons. The minimum absolute atomic E-state index is 0.185. The molecule has 6 nitrogen and oxygen atoms in total. The molecule has 0 saturated heterocycles. The van der Waals surface area contributed by atoms with E-state index in [9.17, 15) is 13.2 Å². The second kappa shape index (κ2) is 10.6. The molecule has 0 saturated carbocycles. The molecule has 174 valence electrons. The molecule has 0 heterocycles. The zero-order valence-corrected chi connectivity index (χ0v) is 20.3. The van der Waals surface area contributed by atoms with E-state index in [1.807, 2.05) is 49.4 Å². The van der Waals surface area contributed by atoms with Gasteiger partial charge in [-0.2, -0.15) is 4.31 Å². The predicted octanol–water partition coefficient (Wildman–Crippen LogP) is 4.49. The van der Waals surface area contributed by atoms with Crippen LogP contribution >= 0.6 is 0 Å². The molecule has 0 unspecified atom stereocenters. The van der Waals surface area contributed by atoms with Crippen molar-refractivity contribution in [1.82, 2.24) is 4.31 Å². The summed E-state index contributed by atoms with van der Waals surface area (Å²) in [6, 6.07) is 20.3. The average Bonchev–Trinajstić information content (AvgIpc) is 2.76. The van der Waals surface area contributed by atoms with E-state index >= 15 is 0 Å². The summed E-state index contributed by atoms with van der Waals surface area (Å²) in [5.41, 5.74) is 3.89. The molecule has 0 aromatic heterocycles. The fraction of sp³-hybridized carbons (Fsp3) is 0.269. The minimum Gasteiger partial charge on any atom is -0.497 e. The van der Waals surface area contributed by atoms with E-state index in [4.69, 9.17) is 4.74 Å². The number of nitrogens with zero attached hydrogens (tertiary/aromatic N) is 1. The summed E-state index contributed by atoms with van der Waals surface area (Å²) in [5, 5.41) is 2.78. The maximum absolute atomic E-state index is 13.7. The fourth-order valence-corrected chi connectivity index (χ4v) is 5.76. The van der Waals surface area contributed by atoms with Crippen LogP contribution in [0.3, 0.4) is 0 Å². The Bertz CT molecular complexity index is 1200. The van der Waals surface area contributed by atoms with E-state index in [1.165, 1.54) is 4.31 Å². The van der Waals surface area contributed by atoms with Gasteiger partial charge in [0.25, 0.3) is 0 Å². The number of hydrogen-bond donors (Lipinski definition) is 1. The molecule has 0 atom stereocenters. The van der Waals surface area contributed by atoms with Crippen molar-refractivity contribution in [2.24, 2.45) is 0 Å². The molecule has 7 heteroatoms. The molecular formula is C26H30N2O4S. The molecule has 0 aliphatic heterocycles. The lowest BCUT2D eigenvalue weighted by Crippen LogP contribution is -2.39. The number of hydrogen-bond acceptors (Lipinski definition) is 4. The van der Waals surface area contributed by atoms with Gasteiger partial charge in [0.1, 0.15) is 5.75 Å². The van der Waals surface area contributed by atoms with Crippen molar-refractivity contribution in [3.8, 4) is 5.75 Å². The van der Waals surface area contributed by atoms with Crippen molar-refractivity contribution in [2.75, 3.05) is 25.5 Å². The Morgan fingerprint density at radius 3 is 2.24 bits per heavy atom. The lowest BCUT2D eigenvalue weighted by molar-refractivity contribution is -0.116. The van der Waals surface area contributed by atoms with Crippen LogP contribution in [0.15, 0.2) is 71.6 Å². The fourth-order valence-electron chi connectivity index (χ4n) is 3.95. The van der Waals surface area contributed by atoms with Gasteiger partial charge in [-0.15, -0.1) is 0 Å². The molecule has 33 heavy (non-hydrogen) atoms. The molecule has 1 amide bonds. The zero-order valence-electron chi connectivity index (χ0n) is 19.5. The van der Waals surface area contributed by atoms with Gasteiger partial charge >= 0.3 is 0 Å². The second-order valence-electron chi connectivity index (χ2n) is 8.08. The van der Waals surface area contributed by atoms with E-state index < -0.39 is 15.9 Å². The van der Waals surface area contributed by atoms with Crippen molar-refractivity contribution in [3.05, 3.63) is 89.0 Å². The first-order valence-corrected chi connectivity index (χ1v) is 12.2. The lowest BCUT2D eigenvalue weighted by atomic mass is 10.1. The smallest absolute Gasteiger partial charge is 0.244 e. The Kier molecular flexibility index (Phi) is 7.89. The molecule has 3 rings (SSSR count). The van der Waals surface area contributed by atoms with Gasteiger partial charge in [0, 0.05) is 18.3 Å². The largest absolute Gasteiger partial charge is 0.497 e. The number of nitrogens with one attached hydrogen (secondary N) is 1. The first-order chi connectivity index (χ1) is 15.7. The molecular weight excluding hydrogens is 436 g/mol. The van der Waals surface area contributed by atoms with Crippen LogP contribution in [0.25, 0.3) is 0 Å². The van der Waals surface area contributed by atoms with E-state index in [0.717, 1.165) is 11.1 Å². The van der Waals surface area contributed by atoms with Gasteiger partial charge in [-0.25, -0.2) is 8.42 Å². The minimum atomic E-state index is -3.90. The summed E-state index contributed by atoms with van der Waals surface area (Å²) in [4.78, 5) is 13.1. The zero-order chi connectivity index (χ0) is 24.0. The SMILES string of the molecule is COc1cccc(NC(=O)CN(CCc2ccccc2)S(=O)(=O)c2c(C)cc(C)cc2C)c1. The number of sulfonamides is 1. The van der Waals surface area contributed by atoms with Gasteiger partial charge in [0.05, 0.1) is 18.6 Å². The number of aryl methyl sites for hydroxylation is 3. The summed E-state index contributed by atoms with van der Waals surface area (Å²) in [6.45, 7) is 5.41. The van der Waals surface area contributed by atoms with Crippen molar-refractivity contribution >= 4 is 21.6 Å². The number of benzene rings is 3. The monoisotopic (exact) mass is 466 g/mol. The Morgan fingerprint density at radius 2 is 1.61 bits per heavy atom. The normalized spacial score (nSPS) is 11.4. The van der Waals surface area contributed by atoms with Gasteiger partial charge < -0.3 is 10.1 Å². The molecule has 3 aromatic carbocycles. The molecule has 0 bridgehead atoms. The summed E-state index contributed by atoms with van der Waals surface area (Å²) < 4.78 is 33.9. The molecule has 0 aliphatic carbocycles. The van der Waals surface area contributed by atoms with E-state index in [2.05, 4.69) is 5.32 Å². The predicted molar refractivity (Wildman–Crippen MR) is 131 cm³/mol. The molecule has 0 spiro atoms. The van der Waals surface area contributed by atoms with Gasteiger partial charge in [0.15, 0.2) is 0 Å². The first-order valence-electron chi connectivity index (χ1n) is 10.8. The van der Waals surface area contributed by atoms with Crippen LogP contribution in [0.2, 0.25) is 0 Å². The van der Waals surface area contributed by atoms with E-state index in [0.29, 0.717) is 29.0 Å². The molecule has 0 aliphatic rings. The van der Waals surface area contributed by atoms with Gasteiger partial charge in [-0.3, -0.25) is 4.79 Å². The third-order valence-corrected chi connectivity index (χ3v) is 7.52. The molecule has 0 fully saturated rings. The lowest BCUT2D eigenvalue weighted by Gasteiger charge is -2.24. The third-order valence-electron chi connectivity index (χ3n) is 5.37. The van der Waals surface area contributed by atoms with Crippen LogP contribution in [-0.4, -0.2) is 38.8 Å². The van der Waals surface area contributed by atoms with Crippen molar-refractivity contribution in [1.29, 1.82) is 0 Å². The highest BCUT2D eigenvalue weighted by molar-refractivity contribution is 7.89. The second-order valence-corrected chi connectivity index (χ2v) is 9.96. The summed E-state index contributed by atoms with van der Waals surface area (Å²) in [7, 11) is -2.35. The van der Waals surface area contributed by atoms with Gasteiger partial charge in [-0.05, 0) is 56.0 Å². The summed E-state index contributed by atoms with van der Waals surface area (Å²) >= 11 is 0. The Balaban J connectivity index is 1.89. The van der Waals surface area contributed by atoms with Gasteiger partial charge in [-0.1, -0.05) is 54.1 Å². The third kappa shape index (κ3) is 6.21. The van der Waals surface area contributed by atoms with E-state index in [-0.39, 0.29) is 18.0 Å². The summed E-state index contributed by atoms with van der Waals surface area (Å²) in [5.74, 6) is 0.189. The highest BCUT2D eigenvalue weighted by Gasteiger charge is 2.29. The maximum Gasteiger partial charge on any atom is 0.244 e. The van der Waals surface area contributed by atoms with Crippen molar-refractivity contribution < 1.29 is 17.9 Å². The van der Waals surface area contributed by atoms with Crippen LogP contribution in [0.5, 0.6) is 5.75 Å². The maximum atomic E-state index is 13.7. The Labute approximate surface area is 196 Å². The number of carbonyl (C=O) groups is 1. The standard InChI is InChI=1S/C26H30N2O4S/c1-19-15-20(2)26(21(3)16-19)33(30,31)28(14-13-22-9-6-5-7-10-22)18-25(29)27-23-11-8-12-24(17-23)32-4/h5-12,15-17H,13-14,18H2,1-4H3,(H,27,29). The number of carbonyl (C=O) groups excluding carboxylic acids is 1. The van der Waals surface area contributed by atoms with Crippen LogP contribution in [0, 0.1) is 20.8 Å². The Hall–Kier alpha value is -3.16. The van der Waals surface area contributed by atoms with Crippen molar-refractivity contribution in [3.63, 3.8) is 0 Å². The van der Waals surface area contributed by atoms with Crippen LogP contribution in [-0.2, 0) is 21.2 Å². The Morgan fingerprint density at radius 1 is 0.939 bits per heavy atom. The topological polar surface area (TPSA) is 75.7 Å². The number of amides is 1. The number of methoxy groups -OCH3 is 1. The highest BCUT2D eigenvalue weighted by atomic mass is 32.2. The number of ether oxygens (including phenoxy) is 1. The quantitative estimate of drug-likeness (QED) is 0.504. The average molecular weight is 467 g/mol. The molecule has 1 N–H and O–H groups in total. The number of anilines is 1. The van der Waals surface area contributed by atoms with Crippen LogP contribution < -0.4 is 10.1 Å². The van der Waals surface area contributed by atoms with Gasteiger partial charge in [0.2, 0.25) is 15.9 Å². The summed E-state index contributed by atoms with van der Waals surface area (Å²) in [6.07, 6.45) is 0.496. The first kappa shape index (κ1) is 24.5. The van der Waals surface area contributed by atoms with Crippen LogP contribution in [0.4, 0.5) is 5.69 Å². The van der Waals surface area contributed by atoms with Crippen LogP contribution in [0.1, 0.15) is 22.3 Å². The highest BCUT2D eigenvalue weighted by Crippen LogP contribution is 2.26.